The molecule has 2 unspecified atom stereocenters. The molecule has 0 aliphatic heterocycles. The Labute approximate surface area is 105 Å². The molecule has 98 valence electrons. The van der Waals surface area contributed by atoms with Crippen molar-refractivity contribution < 1.29 is 4.74 Å². The van der Waals surface area contributed by atoms with Crippen LogP contribution in [-0.2, 0) is 4.74 Å². The third kappa shape index (κ3) is 5.82. The number of rotatable bonds is 6. The first-order valence-electron chi connectivity index (χ1n) is 5.92. The number of nitrogens with zero attached hydrogens (tertiary/aromatic N) is 1. The van der Waals surface area contributed by atoms with E-state index >= 15 is 0 Å². The number of benzene rings is 1. The molecule has 0 spiro atoms. The maximum atomic E-state index is 5.83. The van der Waals surface area contributed by atoms with Gasteiger partial charge in [0, 0.05) is 12.5 Å². The summed E-state index contributed by atoms with van der Waals surface area (Å²) in [6.45, 7) is 6.14. The van der Waals surface area contributed by atoms with Crippen LogP contribution >= 0.6 is 0 Å². The third-order valence-electron chi connectivity index (χ3n) is 2.95. The highest BCUT2D eigenvalue weighted by Crippen LogP contribution is 2.20. The van der Waals surface area contributed by atoms with E-state index in [1.807, 2.05) is 6.07 Å². The van der Waals surface area contributed by atoms with E-state index in [2.05, 4.69) is 57.1 Å². The molecule has 0 bridgehead atoms. The van der Waals surface area contributed by atoms with Crippen molar-refractivity contribution in [3.63, 3.8) is 0 Å². The Balaban J connectivity index is 0.00000256. The van der Waals surface area contributed by atoms with Gasteiger partial charge in [-0.2, -0.15) is 0 Å². The molecular weight excluding hydrogens is 212 g/mol. The predicted octanol–water partition coefficient (Wildman–Crippen LogP) is 2.92. The summed E-state index contributed by atoms with van der Waals surface area (Å²) in [5.74, 6) is 0.448. The summed E-state index contributed by atoms with van der Waals surface area (Å²) in [7, 11) is 4.13. The molecule has 0 aliphatic carbocycles. The number of hydrogen-bond donors (Lipinski definition) is 1. The van der Waals surface area contributed by atoms with E-state index in [1.165, 1.54) is 5.56 Å². The number of likely N-dealkylation sites (N-methyl/N-ethyl adjacent to an activating group) is 1. The average molecular weight is 238 g/mol. The molecule has 3 N–H and O–H groups in total. The molecule has 1 rings (SSSR count). The van der Waals surface area contributed by atoms with Crippen LogP contribution < -0.4 is 6.15 Å². The van der Waals surface area contributed by atoms with E-state index < -0.39 is 0 Å². The van der Waals surface area contributed by atoms with Gasteiger partial charge in [0.2, 0.25) is 0 Å². The van der Waals surface area contributed by atoms with Crippen molar-refractivity contribution in [3.8, 4) is 0 Å². The van der Waals surface area contributed by atoms with Gasteiger partial charge in [0.25, 0.3) is 0 Å². The maximum absolute atomic E-state index is 5.83. The van der Waals surface area contributed by atoms with E-state index in [1.54, 1.807) is 0 Å². The van der Waals surface area contributed by atoms with Crippen LogP contribution in [0.25, 0.3) is 0 Å². The molecule has 0 amide bonds. The number of ether oxygens (including phenoxy) is 1. The summed E-state index contributed by atoms with van der Waals surface area (Å²) in [4.78, 5) is 2.14. The highest BCUT2D eigenvalue weighted by atomic mass is 16.5. The van der Waals surface area contributed by atoms with Crippen LogP contribution in [0, 0.1) is 0 Å². The first-order chi connectivity index (χ1) is 7.61. The largest absolute Gasteiger partial charge is 0.377 e. The van der Waals surface area contributed by atoms with Crippen LogP contribution in [0.3, 0.4) is 0 Å². The topological polar surface area (TPSA) is 47.5 Å². The lowest BCUT2D eigenvalue weighted by Gasteiger charge is -2.22. The monoisotopic (exact) mass is 238 g/mol. The van der Waals surface area contributed by atoms with Gasteiger partial charge in [-0.05, 0) is 26.6 Å². The minimum absolute atomic E-state index is 0. The Morgan fingerprint density at radius 3 is 2.24 bits per heavy atom. The van der Waals surface area contributed by atoms with E-state index in [0.717, 1.165) is 13.2 Å². The summed E-state index contributed by atoms with van der Waals surface area (Å²) in [5.41, 5.74) is 1.35. The maximum Gasteiger partial charge on any atom is 0.0613 e. The van der Waals surface area contributed by atoms with Crippen LogP contribution in [0.2, 0.25) is 0 Å². The first kappa shape index (κ1) is 16.1. The third-order valence-corrected chi connectivity index (χ3v) is 2.95. The van der Waals surface area contributed by atoms with Crippen molar-refractivity contribution in [2.45, 2.75) is 25.9 Å². The second-order valence-corrected chi connectivity index (χ2v) is 4.58. The molecule has 0 radical (unpaired) electrons. The van der Waals surface area contributed by atoms with Gasteiger partial charge in [-0.3, -0.25) is 0 Å². The van der Waals surface area contributed by atoms with Gasteiger partial charge in [0.15, 0.2) is 0 Å². The van der Waals surface area contributed by atoms with Crippen LogP contribution in [0.5, 0.6) is 0 Å². The van der Waals surface area contributed by atoms with Crippen molar-refractivity contribution in [1.82, 2.24) is 11.1 Å². The fraction of sp³-hybridized carbons (Fsp3) is 0.571. The molecule has 0 saturated carbocycles. The van der Waals surface area contributed by atoms with Crippen LogP contribution in [0.15, 0.2) is 30.3 Å². The Morgan fingerprint density at radius 2 is 1.71 bits per heavy atom. The molecule has 0 fully saturated rings. The van der Waals surface area contributed by atoms with Crippen molar-refractivity contribution in [3.05, 3.63) is 35.9 Å². The summed E-state index contributed by atoms with van der Waals surface area (Å²) in [6, 6.07) is 10.5. The lowest BCUT2D eigenvalue weighted by Crippen LogP contribution is -2.23. The molecule has 1 aromatic carbocycles. The summed E-state index contributed by atoms with van der Waals surface area (Å²) < 4.78 is 5.83. The average Bonchev–Trinajstić information content (AvgIpc) is 2.28. The van der Waals surface area contributed by atoms with Gasteiger partial charge < -0.3 is 15.8 Å². The lowest BCUT2D eigenvalue weighted by atomic mass is 9.96. The van der Waals surface area contributed by atoms with Crippen LogP contribution in [0.1, 0.15) is 25.3 Å². The minimum atomic E-state index is 0. The second kappa shape index (κ2) is 8.23. The highest BCUT2D eigenvalue weighted by Gasteiger charge is 2.14. The van der Waals surface area contributed by atoms with E-state index in [4.69, 9.17) is 4.74 Å². The summed E-state index contributed by atoms with van der Waals surface area (Å²) >= 11 is 0. The molecule has 3 nitrogen and oxygen atoms in total. The molecule has 0 saturated heterocycles. The van der Waals surface area contributed by atoms with Crippen molar-refractivity contribution in [1.29, 1.82) is 0 Å². The molecule has 2 atom stereocenters. The van der Waals surface area contributed by atoms with Crippen LogP contribution in [0.4, 0.5) is 0 Å². The summed E-state index contributed by atoms with van der Waals surface area (Å²) in [5, 5.41) is 0. The quantitative estimate of drug-likeness (QED) is 0.829. The lowest BCUT2D eigenvalue weighted by molar-refractivity contribution is 0.0420. The first-order valence-corrected chi connectivity index (χ1v) is 5.92. The predicted molar refractivity (Wildman–Crippen MR) is 73.8 cm³/mol. The highest BCUT2D eigenvalue weighted by molar-refractivity contribution is 5.19. The fourth-order valence-corrected chi connectivity index (χ4v) is 1.59. The Morgan fingerprint density at radius 1 is 1.12 bits per heavy atom. The SMILES string of the molecule is CC(OCCN(C)C)C(C)c1ccccc1.N. The number of hydrogen-bond acceptors (Lipinski definition) is 3. The van der Waals surface area contributed by atoms with Gasteiger partial charge in [0.1, 0.15) is 0 Å². The van der Waals surface area contributed by atoms with Gasteiger partial charge in [-0.1, -0.05) is 37.3 Å². The zero-order valence-corrected chi connectivity index (χ0v) is 11.5. The van der Waals surface area contributed by atoms with Crippen LogP contribution in [-0.4, -0.2) is 38.3 Å². The van der Waals surface area contributed by atoms with Gasteiger partial charge in [-0.15, -0.1) is 0 Å². The Hall–Kier alpha value is -0.900. The van der Waals surface area contributed by atoms with Crippen molar-refractivity contribution >= 4 is 0 Å². The zero-order chi connectivity index (χ0) is 12.0. The van der Waals surface area contributed by atoms with E-state index in [-0.39, 0.29) is 12.3 Å². The molecule has 3 heteroatoms. The zero-order valence-electron chi connectivity index (χ0n) is 11.5. The van der Waals surface area contributed by atoms with Gasteiger partial charge in [-0.25, -0.2) is 0 Å². The van der Waals surface area contributed by atoms with E-state index in [0.29, 0.717) is 5.92 Å². The van der Waals surface area contributed by atoms with Gasteiger partial charge in [0.05, 0.1) is 12.7 Å². The Bertz CT molecular complexity index is 288. The second-order valence-electron chi connectivity index (χ2n) is 4.58. The minimum Gasteiger partial charge on any atom is -0.377 e. The molecule has 0 heterocycles. The molecule has 0 aromatic heterocycles. The Kier molecular flexibility index (Phi) is 7.79. The normalized spacial score (nSPS) is 14.2. The van der Waals surface area contributed by atoms with Gasteiger partial charge >= 0.3 is 0 Å². The molecule has 0 aliphatic rings. The molecule has 1 aromatic rings. The van der Waals surface area contributed by atoms with Crippen molar-refractivity contribution in [2.75, 3.05) is 27.2 Å². The molecular formula is C14H26N2O. The molecule has 17 heavy (non-hydrogen) atoms. The van der Waals surface area contributed by atoms with Crippen molar-refractivity contribution in [2.24, 2.45) is 0 Å². The summed E-state index contributed by atoms with van der Waals surface area (Å²) in [6.07, 6.45) is 0.266. The van der Waals surface area contributed by atoms with E-state index in [9.17, 15) is 0 Å². The fourth-order valence-electron chi connectivity index (χ4n) is 1.59. The smallest absolute Gasteiger partial charge is 0.0613 e. The standard InChI is InChI=1S/C14H23NO.H3N/c1-12(14-8-6-5-7-9-14)13(2)16-11-10-15(3)4;/h5-9,12-13H,10-11H2,1-4H3;1H3.